The Morgan fingerprint density at radius 1 is 1.28 bits per heavy atom. The molecule has 25 heavy (non-hydrogen) atoms. The summed E-state index contributed by atoms with van der Waals surface area (Å²) in [6, 6.07) is 8.88. The molecule has 0 N–H and O–H groups in total. The number of benzene rings is 1. The molecular weight excluding hydrogens is 333 g/mol. The first-order chi connectivity index (χ1) is 11.7. The van der Waals surface area contributed by atoms with Crippen LogP contribution in [0.25, 0.3) is 5.69 Å². The van der Waals surface area contributed by atoms with Crippen LogP contribution in [0.3, 0.4) is 0 Å². The minimum atomic E-state index is -4.70. The highest BCUT2D eigenvalue weighted by molar-refractivity contribution is 5.76. The van der Waals surface area contributed by atoms with Gasteiger partial charge in [-0.15, -0.1) is 0 Å². The largest absolute Gasteiger partial charge is 0.447 e. The fourth-order valence-corrected chi connectivity index (χ4v) is 3.00. The molecule has 0 saturated heterocycles. The van der Waals surface area contributed by atoms with Gasteiger partial charge < -0.3 is 4.74 Å². The summed E-state index contributed by atoms with van der Waals surface area (Å²) in [6.07, 6.45) is -6.43. The molecule has 0 spiro atoms. The van der Waals surface area contributed by atoms with Crippen molar-refractivity contribution in [1.29, 1.82) is 0 Å². The van der Waals surface area contributed by atoms with Crippen molar-refractivity contribution in [3.8, 4) is 5.69 Å². The zero-order chi connectivity index (χ0) is 18.4. The van der Waals surface area contributed by atoms with E-state index < -0.39 is 24.2 Å². The fourth-order valence-electron chi connectivity index (χ4n) is 3.00. The molecular formula is C18H19F3N2O2. The van der Waals surface area contributed by atoms with Gasteiger partial charge in [0, 0.05) is 11.3 Å². The topological polar surface area (TPSA) is 44.1 Å². The van der Waals surface area contributed by atoms with Gasteiger partial charge in [-0.3, -0.25) is 4.79 Å². The van der Waals surface area contributed by atoms with Crippen LogP contribution in [-0.2, 0) is 9.53 Å². The SMILES string of the molecule is Cc1nn(-c2ccccc2)c(C)c1[C@H](OC(=O)[C@H]1C[C@H]1C)C(F)(F)F. The van der Waals surface area contributed by atoms with Crippen molar-refractivity contribution in [3.63, 3.8) is 0 Å². The molecule has 0 bridgehead atoms. The number of aromatic nitrogens is 2. The Hall–Kier alpha value is -2.31. The number of alkyl halides is 3. The van der Waals surface area contributed by atoms with E-state index in [9.17, 15) is 18.0 Å². The van der Waals surface area contributed by atoms with Gasteiger partial charge >= 0.3 is 12.1 Å². The lowest BCUT2D eigenvalue weighted by Gasteiger charge is -2.21. The van der Waals surface area contributed by atoms with Gasteiger partial charge in [0.2, 0.25) is 6.10 Å². The van der Waals surface area contributed by atoms with Crippen molar-refractivity contribution >= 4 is 5.97 Å². The number of carbonyl (C=O) groups excluding carboxylic acids is 1. The molecule has 0 amide bonds. The lowest BCUT2D eigenvalue weighted by Crippen LogP contribution is -2.28. The fraction of sp³-hybridized carbons (Fsp3) is 0.444. The van der Waals surface area contributed by atoms with Crippen molar-refractivity contribution in [1.82, 2.24) is 9.78 Å². The Morgan fingerprint density at radius 2 is 1.88 bits per heavy atom. The number of rotatable bonds is 4. The van der Waals surface area contributed by atoms with Crippen molar-refractivity contribution < 1.29 is 22.7 Å². The van der Waals surface area contributed by atoms with Crippen LogP contribution in [0.1, 0.15) is 36.4 Å². The molecule has 1 aromatic heterocycles. The third kappa shape index (κ3) is 3.41. The first-order valence-electron chi connectivity index (χ1n) is 8.09. The molecule has 0 aliphatic heterocycles. The van der Waals surface area contributed by atoms with E-state index in [0.717, 1.165) is 0 Å². The van der Waals surface area contributed by atoms with Crippen LogP contribution in [0.4, 0.5) is 13.2 Å². The molecule has 1 aliphatic carbocycles. The summed E-state index contributed by atoms with van der Waals surface area (Å²) in [5, 5.41) is 4.22. The van der Waals surface area contributed by atoms with E-state index in [-0.39, 0.29) is 17.2 Å². The van der Waals surface area contributed by atoms with Crippen LogP contribution in [0, 0.1) is 25.7 Å². The van der Waals surface area contributed by atoms with Gasteiger partial charge in [0.1, 0.15) is 0 Å². The summed E-state index contributed by atoms with van der Waals surface area (Å²) in [5.41, 5.74) is 1.05. The van der Waals surface area contributed by atoms with Crippen molar-refractivity contribution in [2.75, 3.05) is 0 Å². The van der Waals surface area contributed by atoms with Crippen LogP contribution in [0.15, 0.2) is 30.3 Å². The van der Waals surface area contributed by atoms with E-state index in [1.54, 1.807) is 31.2 Å². The first-order valence-corrected chi connectivity index (χ1v) is 8.09. The number of carbonyl (C=O) groups is 1. The van der Waals surface area contributed by atoms with E-state index in [4.69, 9.17) is 4.74 Å². The highest BCUT2D eigenvalue weighted by atomic mass is 19.4. The second-order valence-corrected chi connectivity index (χ2v) is 6.51. The number of para-hydroxylation sites is 1. The molecule has 1 aliphatic rings. The summed E-state index contributed by atoms with van der Waals surface area (Å²) in [5.74, 6) is -1.15. The van der Waals surface area contributed by atoms with E-state index in [1.807, 2.05) is 13.0 Å². The Labute approximate surface area is 143 Å². The minimum absolute atomic E-state index is 0.0793. The van der Waals surface area contributed by atoms with Crippen LogP contribution in [-0.4, -0.2) is 21.9 Å². The van der Waals surface area contributed by atoms with Crippen molar-refractivity contribution in [2.24, 2.45) is 11.8 Å². The third-order valence-corrected chi connectivity index (χ3v) is 4.55. The summed E-state index contributed by atoms with van der Waals surface area (Å²) >= 11 is 0. The van der Waals surface area contributed by atoms with E-state index >= 15 is 0 Å². The minimum Gasteiger partial charge on any atom is -0.447 e. The van der Waals surface area contributed by atoms with Gasteiger partial charge in [-0.1, -0.05) is 25.1 Å². The molecule has 3 atom stereocenters. The first kappa shape index (κ1) is 17.5. The molecule has 1 heterocycles. The quantitative estimate of drug-likeness (QED) is 0.771. The van der Waals surface area contributed by atoms with Gasteiger partial charge in [-0.25, -0.2) is 4.68 Å². The molecule has 1 aromatic carbocycles. The van der Waals surface area contributed by atoms with Crippen molar-refractivity contribution in [3.05, 3.63) is 47.3 Å². The molecule has 7 heteroatoms. The highest BCUT2D eigenvalue weighted by Gasteiger charge is 2.50. The second kappa shape index (κ2) is 6.20. The number of hydrogen-bond acceptors (Lipinski definition) is 3. The molecule has 0 unspecified atom stereocenters. The molecule has 1 saturated carbocycles. The number of nitrogens with zero attached hydrogens (tertiary/aromatic N) is 2. The maximum Gasteiger partial charge on any atom is 0.429 e. The number of halogens is 3. The summed E-state index contributed by atoms with van der Waals surface area (Å²) in [7, 11) is 0. The van der Waals surface area contributed by atoms with Gasteiger partial charge in [0.25, 0.3) is 0 Å². The predicted molar refractivity (Wildman–Crippen MR) is 85.2 cm³/mol. The van der Waals surface area contributed by atoms with Gasteiger partial charge in [0.05, 0.1) is 17.3 Å². The van der Waals surface area contributed by atoms with Crippen LogP contribution >= 0.6 is 0 Å². The van der Waals surface area contributed by atoms with Gasteiger partial charge in [-0.05, 0) is 38.3 Å². The number of ether oxygens (including phenoxy) is 1. The van der Waals surface area contributed by atoms with E-state index in [2.05, 4.69) is 5.10 Å². The lowest BCUT2D eigenvalue weighted by atomic mass is 10.1. The van der Waals surface area contributed by atoms with Crippen molar-refractivity contribution in [2.45, 2.75) is 39.5 Å². The van der Waals surface area contributed by atoms with E-state index in [0.29, 0.717) is 17.8 Å². The van der Waals surface area contributed by atoms with Crippen LogP contribution in [0.2, 0.25) is 0 Å². The average molecular weight is 352 g/mol. The summed E-state index contributed by atoms with van der Waals surface area (Å²) < 4.78 is 47.1. The smallest absolute Gasteiger partial charge is 0.429 e. The number of hydrogen-bond donors (Lipinski definition) is 0. The molecule has 1 fully saturated rings. The maximum absolute atomic E-state index is 13.6. The number of esters is 1. The predicted octanol–water partition coefficient (Wildman–Crippen LogP) is 4.29. The Morgan fingerprint density at radius 3 is 2.40 bits per heavy atom. The third-order valence-electron chi connectivity index (χ3n) is 4.55. The van der Waals surface area contributed by atoms with E-state index in [1.165, 1.54) is 11.6 Å². The molecule has 4 nitrogen and oxygen atoms in total. The standard InChI is InChI=1S/C18H19F3N2O2/c1-10-9-14(10)17(24)25-16(18(19,20)21)15-11(2)22-23(12(15)3)13-7-5-4-6-8-13/h4-8,10,14,16H,9H2,1-3H3/t10-,14+,16+/m1/s1. The monoisotopic (exact) mass is 352 g/mol. The summed E-state index contributed by atoms with van der Waals surface area (Å²) in [6.45, 7) is 4.86. The zero-order valence-electron chi connectivity index (χ0n) is 14.2. The van der Waals surface area contributed by atoms with Crippen LogP contribution < -0.4 is 0 Å². The lowest BCUT2D eigenvalue weighted by molar-refractivity contribution is -0.225. The average Bonchev–Trinajstić information content (AvgIpc) is 3.21. The Kier molecular flexibility index (Phi) is 4.34. The Balaban J connectivity index is 1.99. The van der Waals surface area contributed by atoms with Crippen LogP contribution in [0.5, 0.6) is 0 Å². The highest BCUT2D eigenvalue weighted by Crippen LogP contribution is 2.44. The van der Waals surface area contributed by atoms with Gasteiger partial charge in [0.15, 0.2) is 0 Å². The second-order valence-electron chi connectivity index (χ2n) is 6.51. The molecule has 0 radical (unpaired) electrons. The normalized spacial score (nSPS) is 21.0. The van der Waals surface area contributed by atoms with Gasteiger partial charge in [-0.2, -0.15) is 18.3 Å². The molecule has 134 valence electrons. The Bertz CT molecular complexity index is 784. The molecule has 3 rings (SSSR count). The number of aryl methyl sites for hydroxylation is 1. The summed E-state index contributed by atoms with van der Waals surface area (Å²) in [4.78, 5) is 12.0. The molecule has 2 aromatic rings. The maximum atomic E-state index is 13.6. The zero-order valence-corrected chi connectivity index (χ0v) is 14.2.